The number of nitrogens with one attached hydrogen (secondary N) is 2. The smallest absolute Gasteiger partial charge is 0.257 e. The Balaban J connectivity index is 1.80. The Morgan fingerprint density at radius 3 is 2.65 bits per heavy atom. The number of pyridine rings is 1. The van der Waals surface area contributed by atoms with E-state index < -0.39 is 0 Å². The van der Waals surface area contributed by atoms with E-state index in [-0.39, 0.29) is 5.91 Å². The van der Waals surface area contributed by atoms with Crippen molar-refractivity contribution in [2.45, 2.75) is 0 Å². The minimum Gasteiger partial charge on any atom is -0.495 e. The Bertz CT molecular complexity index is 948. The number of aromatic nitrogens is 1. The van der Waals surface area contributed by atoms with Crippen molar-refractivity contribution in [1.29, 1.82) is 0 Å². The van der Waals surface area contributed by atoms with Crippen LogP contribution in [-0.4, -0.2) is 18.0 Å². The SMILES string of the molecule is COc1ccccc1NC(=O)c1cncc(Nc2cc(Cl)ccc2Cl)c1. The van der Waals surface area contributed by atoms with Gasteiger partial charge in [-0.3, -0.25) is 9.78 Å². The van der Waals surface area contributed by atoms with Crippen LogP contribution in [0.1, 0.15) is 10.4 Å². The van der Waals surface area contributed by atoms with Crippen LogP contribution in [0, 0.1) is 0 Å². The number of hydrogen-bond acceptors (Lipinski definition) is 4. The Morgan fingerprint density at radius 1 is 1.04 bits per heavy atom. The summed E-state index contributed by atoms with van der Waals surface area (Å²) in [7, 11) is 1.55. The summed E-state index contributed by atoms with van der Waals surface area (Å²) in [5.74, 6) is 0.275. The molecule has 0 spiro atoms. The van der Waals surface area contributed by atoms with E-state index in [1.165, 1.54) is 6.20 Å². The Kier molecular flexibility index (Phi) is 5.61. The number of halogens is 2. The van der Waals surface area contributed by atoms with E-state index >= 15 is 0 Å². The predicted octanol–water partition coefficient (Wildman–Crippen LogP) is 5.39. The molecule has 1 amide bonds. The monoisotopic (exact) mass is 387 g/mol. The highest BCUT2D eigenvalue weighted by atomic mass is 35.5. The molecule has 3 rings (SSSR count). The largest absolute Gasteiger partial charge is 0.495 e. The number of carbonyl (C=O) groups is 1. The molecule has 132 valence electrons. The van der Waals surface area contributed by atoms with Gasteiger partial charge in [-0.1, -0.05) is 35.3 Å². The van der Waals surface area contributed by atoms with E-state index in [1.54, 1.807) is 49.7 Å². The second kappa shape index (κ2) is 8.08. The lowest BCUT2D eigenvalue weighted by Gasteiger charge is -2.11. The minimum atomic E-state index is -0.303. The van der Waals surface area contributed by atoms with E-state index in [2.05, 4.69) is 15.6 Å². The van der Waals surface area contributed by atoms with E-state index in [4.69, 9.17) is 27.9 Å². The van der Waals surface area contributed by atoms with E-state index in [1.807, 2.05) is 12.1 Å². The summed E-state index contributed by atoms with van der Waals surface area (Å²) in [6, 6.07) is 13.9. The third kappa shape index (κ3) is 4.25. The van der Waals surface area contributed by atoms with Crippen LogP contribution in [-0.2, 0) is 0 Å². The summed E-state index contributed by atoms with van der Waals surface area (Å²) in [6.07, 6.45) is 3.08. The van der Waals surface area contributed by atoms with Crippen LogP contribution >= 0.6 is 23.2 Å². The zero-order chi connectivity index (χ0) is 18.5. The highest BCUT2D eigenvalue weighted by molar-refractivity contribution is 6.35. The number of hydrogen-bond donors (Lipinski definition) is 2. The molecule has 26 heavy (non-hydrogen) atoms. The first-order chi connectivity index (χ1) is 12.6. The molecule has 0 radical (unpaired) electrons. The highest BCUT2D eigenvalue weighted by Crippen LogP contribution is 2.29. The zero-order valence-electron chi connectivity index (χ0n) is 13.8. The van der Waals surface area contributed by atoms with Crippen LogP contribution in [0.4, 0.5) is 17.1 Å². The number of carbonyl (C=O) groups excluding carboxylic acids is 1. The number of anilines is 3. The average molecular weight is 388 g/mol. The Hall–Kier alpha value is -2.76. The summed E-state index contributed by atoms with van der Waals surface area (Å²) in [5.41, 5.74) is 2.21. The van der Waals surface area contributed by atoms with E-state index in [0.717, 1.165) is 0 Å². The van der Waals surface area contributed by atoms with Crippen LogP contribution in [0.5, 0.6) is 5.75 Å². The molecule has 0 aliphatic carbocycles. The first-order valence-corrected chi connectivity index (χ1v) is 8.44. The molecule has 3 aromatic rings. The van der Waals surface area contributed by atoms with Gasteiger partial charge < -0.3 is 15.4 Å². The molecule has 2 aromatic carbocycles. The fraction of sp³-hybridized carbons (Fsp3) is 0.0526. The van der Waals surface area contributed by atoms with Crippen LogP contribution in [0.25, 0.3) is 0 Å². The summed E-state index contributed by atoms with van der Waals surface area (Å²) in [5, 5.41) is 6.98. The summed E-state index contributed by atoms with van der Waals surface area (Å²) in [6.45, 7) is 0. The molecule has 0 unspecified atom stereocenters. The van der Waals surface area contributed by atoms with Gasteiger partial charge in [0.15, 0.2) is 0 Å². The number of ether oxygens (including phenoxy) is 1. The maximum absolute atomic E-state index is 12.5. The second-order valence-electron chi connectivity index (χ2n) is 5.37. The van der Waals surface area contributed by atoms with Crippen molar-refractivity contribution in [2.24, 2.45) is 0 Å². The molecule has 0 aliphatic heterocycles. The normalized spacial score (nSPS) is 10.3. The minimum absolute atomic E-state index is 0.303. The fourth-order valence-electron chi connectivity index (χ4n) is 2.32. The van der Waals surface area contributed by atoms with Gasteiger partial charge >= 0.3 is 0 Å². The number of amides is 1. The van der Waals surface area contributed by atoms with Crippen LogP contribution < -0.4 is 15.4 Å². The molecule has 0 aliphatic rings. The highest BCUT2D eigenvalue weighted by Gasteiger charge is 2.11. The number of rotatable bonds is 5. The lowest BCUT2D eigenvalue weighted by molar-refractivity contribution is 0.102. The van der Waals surface area contributed by atoms with Crippen molar-refractivity contribution in [2.75, 3.05) is 17.7 Å². The van der Waals surface area contributed by atoms with Crippen LogP contribution in [0.15, 0.2) is 60.9 Å². The molecule has 0 bridgehead atoms. The molecule has 2 N–H and O–H groups in total. The van der Waals surface area contributed by atoms with Crippen molar-refractivity contribution < 1.29 is 9.53 Å². The average Bonchev–Trinajstić information content (AvgIpc) is 2.65. The second-order valence-corrected chi connectivity index (χ2v) is 6.21. The maximum Gasteiger partial charge on any atom is 0.257 e. The number of methoxy groups -OCH3 is 1. The van der Waals surface area contributed by atoms with Gasteiger partial charge in [-0.05, 0) is 36.4 Å². The first-order valence-electron chi connectivity index (χ1n) is 7.68. The van der Waals surface area contributed by atoms with E-state index in [9.17, 15) is 4.79 Å². The van der Waals surface area contributed by atoms with Gasteiger partial charge in [0.2, 0.25) is 0 Å². The van der Waals surface area contributed by atoms with Crippen LogP contribution in [0.2, 0.25) is 10.0 Å². The van der Waals surface area contributed by atoms with Gasteiger partial charge in [-0.2, -0.15) is 0 Å². The number of nitrogens with zero attached hydrogens (tertiary/aromatic N) is 1. The first kappa shape index (κ1) is 18.0. The molecule has 0 atom stereocenters. The van der Waals surface area contributed by atoms with Crippen molar-refractivity contribution >= 4 is 46.2 Å². The molecule has 1 heterocycles. The molecule has 0 saturated heterocycles. The summed E-state index contributed by atoms with van der Waals surface area (Å²) >= 11 is 12.1. The Labute approximate surface area is 160 Å². The molecule has 7 heteroatoms. The van der Waals surface area contributed by atoms with Gasteiger partial charge in [-0.25, -0.2) is 0 Å². The molecule has 0 saturated carbocycles. The summed E-state index contributed by atoms with van der Waals surface area (Å²) < 4.78 is 5.24. The standard InChI is InChI=1S/C19H15Cl2N3O2/c1-26-18-5-3-2-4-16(18)24-19(25)12-8-14(11-22-10-12)23-17-9-13(20)6-7-15(17)21/h2-11,23H,1H3,(H,24,25). The van der Waals surface area contributed by atoms with Crippen molar-refractivity contribution in [1.82, 2.24) is 4.98 Å². The topological polar surface area (TPSA) is 63.2 Å². The Morgan fingerprint density at radius 2 is 1.85 bits per heavy atom. The van der Waals surface area contributed by atoms with Crippen LogP contribution in [0.3, 0.4) is 0 Å². The third-order valence-electron chi connectivity index (χ3n) is 3.56. The third-order valence-corrected chi connectivity index (χ3v) is 4.13. The lowest BCUT2D eigenvalue weighted by Crippen LogP contribution is -2.13. The lowest BCUT2D eigenvalue weighted by atomic mass is 10.2. The fourth-order valence-corrected chi connectivity index (χ4v) is 2.66. The van der Waals surface area contributed by atoms with Crippen molar-refractivity contribution in [3.8, 4) is 5.75 Å². The van der Waals surface area contributed by atoms with Gasteiger partial charge in [0, 0.05) is 11.2 Å². The van der Waals surface area contributed by atoms with Crippen molar-refractivity contribution in [3.63, 3.8) is 0 Å². The molecular weight excluding hydrogens is 373 g/mol. The molecular formula is C19H15Cl2N3O2. The van der Waals surface area contributed by atoms with Gasteiger partial charge in [0.25, 0.3) is 5.91 Å². The summed E-state index contributed by atoms with van der Waals surface area (Å²) in [4.78, 5) is 16.6. The van der Waals surface area contributed by atoms with Gasteiger partial charge in [0.1, 0.15) is 5.75 Å². The quantitative estimate of drug-likeness (QED) is 0.615. The molecule has 0 fully saturated rings. The molecule has 1 aromatic heterocycles. The zero-order valence-corrected chi connectivity index (χ0v) is 15.3. The van der Waals surface area contributed by atoms with E-state index in [0.29, 0.717) is 38.4 Å². The number of benzene rings is 2. The number of para-hydroxylation sites is 2. The maximum atomic E-state index is 12.5. The van der Waals surface area contributed by atoms with Gasteiger partial charge in [-0.15, -0.1) is 0 Å². The molecule has 5 nitrogen and oxygen atoms in total. The predicted molar refractivity (Wildman–Crippen MR) is 105 cm³/mol. The van der Waals surface area contributed by atoms with Gasteiger partial charge in [0.05, 0.1) is 41.0 Å². The van der Waals surface area contributed by atoms with Crippen molar-refractivity contribution in [3.05, 3.63) is 76.5 Å².